The van der Waals surface area contributed by atoms with Crippen LogP contribution in [-0.4, -0.2) is 11.1 Å². The van der Waals surface area contributed by atoms with Crippen LogP contribution >= 0.6 is 11.6 Å². The van der Waals surface area contributed by atoms with Crippen molar-refractivity contribution >= 4 is 23.3 Å². The first-order valence-corrected chi connectivity index (χ1v) is 9.67. The minimum absolute atomic E-state index is 0.0485. The second-order valence-electron chi connectivity index (χ2n) is 7.34. The molecule has 3 aromatic rings. The van der Waals surface area contributed by atoms with Gasteiger partial charge < -0.3 is 14.8 Å². The number of nitrogens with one attached hydrogen (secondary N) is 1. The van der Waals surface area contributed by atoms with E-state index in [2.05, 4.69) is 25.2 Å². The summed E-state index contributed by atoms with van der Waals surface area (Å²) in [6, 6.07) is 16.5. The number of rotatable bonds is 7. The molecule has 1 unspecified atom stereocenters. The summed E-state index contributed by atoms with van der Waals surface area (Å²) in [7, 11) is 0. The van der Waals surface area contributed by atoms with Crippen molar-refractivity contribution in [3.05, 3.63) is 76.5 Å². The third-order valence-electron chi connectivity index (χ3n) is 4.62. The van der Waals surface area contributed by atoms with Crippen LogP contribution in [0.15, 0.2) is 59.0 Å². The molecule has 0 amide bonds. The standard InChI is InChI=1S/C23H24ClNO3/c1-14(2)11-21(25-19-9-7-16(8-10-19)23(26)27)20-13-22(28-15(20)3)17-5-4-6-18(24)12-17/h4-10,12-14,21,25H,11H2,1-3H3,(H,26,27). The molecule has 2 aromatic carbocycles. The lowest BCUT2D eigenvalue weighted by molar-refractivity contribution is 0.0697. The molecule has 3 rings (SSSR count). The molecule has 0 aliphatic rings. The van der Waals surface area contributed by atoms with E-state index < -0.39 is 5.97 Å². The molecule has 28 heavy (non-hydrogen) atoms. The molecular formula is C23H24ClNO3. The molecule has 2 N–H and O–H groups in total. The molecule has 4 nitrogen and oxygen atoms in total. The Labute approximate surface area is 170 Å². The minimum Gasteiger partial charge on any atom is -0.478 e. The van der Waals surface area contributed by atoms with Gasteiger partial charge in [0.25, 0.3) is 0 Å². The highest BCUT2D eigenvalue weighted by Gasteiger charge is 2.20. The van der Waals surface area contributed by atoms with Crippen molar-refractivity contribution in [1.82, 2.24) is 0 Å². The summed E-state index contributed by atoms with van der Waals surface area (Å²) in [5.74, 6) is 1.18. The van der Waals surface area contributed by atoms with Crippen LogP contribution in [0.5, 0.6) is 0 Å². The Morgan fingerprint density at radius 1 is 1.14 bits per heavy atom. The maximum atomic E-state index is 11.1. The predicted molar refractivity (Wildman–Crippen MR) is 113 cm³/mol. The number of benzene rings is 2. The molecule has 1 heterocycles. The summed E-state index contributed by atoms with van der Waals surface area (Å²) in [6.45, 7) is 6.32. The van der Waals surface area contributed by atoms with Gasteiger partial charge in [-0.05, 0) is 61.7 Å². The fourth-order valence-electron chi connectivity index (χ4n) is 3.27. The van der Waals surface area contributed by atoms with E-state index in [1.54, 1.807) is 24.3 Å². The van der Waals surface area contributed by atoms with Gasteiger partial charge in [0.2, 0.25) is 0 Å². The van der Waals surface area contributed by atoms with Crippen LogP contribution in [0, 0.1) is 12.8 Å². The van der Waals surface area contributed by atoms with Crippen LogP contribution in [-0.2, 0) is 0 Å². The van der Waals surface area contributed by atoms with Crippen LogP contribution in [0.1, 0.15) is 48.0 Å². The largest absolute Gasteiger partial charge is 0.478 e. The second kappa shape index (κ2) is 8.53. The monoisotopic (exact) mass is 397 g/mol. The van der Waals surface area contributed by atoms with Gasteiger partial charge in [-0.2, -0.15) is 0 Å². The quantitative estimate of drug-likeness (QED) is 0.459. The van der Waals surface area contributed by atoms with Crippen molar-refractivity contribution in [3.63, 3.8) is 0 Å². The van der Waals surface area contributed by atoms with Crippen molar-refractivity contribution in [1.29, 1.82) is 0 Å². The molecule has 0 aliphatic heterocycles. The highest BCUT2D eigenvalue weighted by atomic mass is 35.5. The van der Waals surface area contributed by atoms with Crippen LogP contribution in [0.4, 0.5) is 5.69 Å². The van der Waals surface area contributed by atoms with E-state index in [9.17, 15) is 4.79 Å². The van der Waals surface area contributed by atoms with Crippen molar-refractivity contribution in [3.8, 4) is 11.3 Å². The number of hydrogen-bond donors (Lipinski definition) is 2. The first-order valence-electron chi connectivity index (χ1n) is 9.29. The number of hydrogen-bond acceptors (Lipinski definition) is 3. The fraction of sp³-hybridized carbons (Fsp3) is 0.261. The molecule has 1 atom stereocenters. The lowest BCUT2D eigenvalue weighted by Gasteiger charge is -2.21. The zero-order valence-electron chi connectivity index (χ0n) is 16.2. The number of carboxylic acid groups (broad SMARTS) is 1. The lowest BCUT2D eigenvalue weighted by atomic mass is 9.96. The number of carbonyl (C=O) groups is 1. The Morgan fingerprint density at radius 3 is 2.46 bits per heavy atom. The number of halogens is 1. The average Bonchev–Trinajstić information content (AvgIpc) is 3.03. The molecule has 0 bridgehead atoms. The molecule has 0 saturated heterocycles. The molecular weight excluding hydrogens is 374 g/mol. The highest BCUT2D eigenvalue weighted by molar-refractivity contribution is 6.30. The zero-order chi connectivity index (χ0) is 20.3. The molecule has 0 radical (unpaired) electrons. The fourth-order valence-corrected chi connectivity index (χ4v) is 3.46. The summed E-state index contributed by atoms with van der Waals surface area (Å²) in [6.07, 6.45) is 0.913. The molecule has 1 aromatic heterocycles. The van der Waals surface area contributed by atoms with E-state index >= 15 is 0 Å². The summed E-state index contributed by atoms with van der Waals surface area (Å²) in [4.78, 5) is 11.1. The van der Waals surface area contributed by atoms with Gasteiger partial charge in [0, 0.05) is 21.8 Å². The molecule has 0 saturated carbocycles. The number of carboxylic acids is 1. The number of aromatic carboxylic acids is 1. The van der Waals surface area contributed by atoms with Crippen molar-refractivity contribution in [2.24, 2.45) is 5.92 Å². The van der Waals surface area contributed by atoms with Crippen molar-refractivity contribution < 1.29 is 14.3 Å². The highest BCUT2D eigenvalue weighted by Crippen LogP contribution is 2.34. The van der Waals surface area contributed by atoms with Crippen LogP contribution in [0.3, 0.4) is 0 Å². The van der Waals surface area contributed by atoms with Crippen LogP contribution in [0.2, 0.25) is 5.02 Å². The summed E-state index contributed by atoms with van der Waals surface area (Å²) in [5, 5.41) is 13.3. The summed E-state index contributed by atoms with van der Waals surface area (Å²) in [5.41, 5.74) is 3.18. The third kappa shape index (κ3) is 4.76. The topological polar surface area (TPSA) is 62.5 Å². The molecule has 0 spiro atoms. The van der Waals surface area contributed by atoms with Gasteiger partial charge in [-0.1, -0.05) is 37.6 Å². The average molecular weight is 398 g/mol. The Kier molecular flexibility index (Phi) is 6.10. The Hall–Kier alpha value is -2.72. The van der Waals surface area contributed by atoms with E-state index in [1.807, 2.05) is 31.2 Å². The van der Waals surface area contributed by atoms with E-state index in [-0.39, 0.29) is 11.6 Å². The number of anilines is 1. The second-order valence-corrected chi connectivity index (χ2v) is 7.78. The third-order valence-corrected chi connectivity index (χ3v) is 4.86. The maximum absolute atomic E-state index is 11.1. The van der Waals surface area contributed by atoms with Gasteiger partial charge in [-0.3, -0.25) is 0 Å². The normalized spacial score (nSPS) is 12.2. The molecule has 0 fully saturated rings. The molecule has 146 valence electrons. The SMILES string of the molecule is Cc1oc(-c2cccc(Cl)c2)cc1C(CC(C)C)Nc1ccc(C(=O)O)cc1. The van der Waals surface area contributed by atoms with Crippen molar-refractivity contribution in [2.75, 3.05) is 5.32 Å². The van der Waals surface area contributed by atoms with Gasteiger partial charge in [0.15, 0.2) is 0 Å². The first kappa shape index (κ1) is 20.0. The predicted octanol–water partition coefficient (Wildman–Crippen LogP) is 6.81. The number of aryl methyl sites for hydroxylation is 1. The van der Waals surface area contributed by atoms with E-state index in [4.69, 9.17) is 21.1 Å². The number of furan rings is 1. The molecule has 5 heteroatoms. The van der Waals surface area contributed by atoms with E-state index in [0.717, 1.165) is 34.8 Å². The van der Waals surface area contributed by atoms with E-state index in [1.165, 1.54) is 0 Å². The van der Waals surface area contributed by atoms with Gasteiger partial charge >= 0.3 is 5.97 Å². The maximum Gasteiger partial charge on any atom is 0.335 e. The Morgan fingerprint density at radius 2 is 1.86 bits per heavy atom. The first-order chi connectivity index (χ1) is 13.3. The van der Waals surface area contributed by atoms with Gasteiger partial charge in [-0.25, -0.2) is 4.79 Å². The zero-order valence-corrected chi connectivity index (χ0v) is 17.0. The molecule has 0 aliphatic carbocycles. The van der Waals surface area contributed by atoms with Gasteiger partial charge in [0.05, 0.1) is 11.6 Å². The Bertz CT molecular complexity index is 960. The van der Waals surface area contributed by atoms with Gasteiger partial charge in [0.1, 0.15) is 11.5 Å². The van der Waals surface area contributed by atoms with E-state index in [0.29, 0.717) is 10.9 Å². The minimum atomic E-state index is -0.929. The lowest BCUT2D eigenvalue weighted by Crippen LogP contribution is -2.13. The summed E-state index contributed by atoms with van der Waals surface area (Å²) >= 11 is 6.12. The summed E-state index contributed by atoms with van der Waals surface area (Å²) < 4.78 is 6.03. The van der Waals surface area contributed by atoms with Crippen molar-refractivity contribution in [2.45, 2.75) is 33.2 Å². The smallest absolute Gasteiger partial charge is 0.335 e. The van der Waals surface area contributed by atoms with Crippen LogP contribution < -0.4 is 5.32 Å². The Balaban J connectivity index is 1.90. The van der Waals surface area contributed by atoms with Crippen LogP contribution in [0.25, 0.3) is 11.3 Å². The van der Waals surface area contributed by atoms with Gasteiger partial charge in [-0.15, -0.1) is 0 Å².